The van der Waals surface area contributed by atoms with Crippen molar-refractivity contribution in [2.24, 2.45) is 0 Å². The highest BCUT2D eigenvalue weighted by molar-refractivity contribution is 9.10. The zero-order chi connectivity index (χ0) is 12.8. The van der Waals surface area contributed by atoms with E-state index >= 15 is 0 Å². The molecule has 1 aliphatic carbocycles. The Morgan fingerprint density at radius 3 is 2.89 bits per heavy atom. The maximum Gasteiger partial charge on any atom is 0.0589 e. The van der Waals surface area contributed by atoms with E-state index in [9.17, 15) is 0 Å². The molecule has 0 bridgehead atoms. The maximum absolute atomic E-state index is 5.16. The van der Waals surface area contributed by atoms with Crippen LogP contribution in [0.2, 0.25) is 0 Å². The summed E-state index contributed by atoms with van der Waals surface area (Å²) in [6.07, 6.45) is 2.70. The Kier molecular flexibility index (Phi) is 5.47. The fourth-order valence-corrected chi connectivity index (χ4v) is 2.47. The van der Waals surface area contributed by atoms with E-state index in [0.717, 1.165) is 36.8 Å². The molecule has 0 unspecified atom stereocenters. The molecule has 1 aliphatic rings. The number of anilines is 1. The highest BCUT2D eigenvalue weighted by atomic mass is 79.9. The van der Waals surface area contributed by atoms with Gasteiger partial charge in [-0.05, 0) is 31.0 Å². The van der Waals surface area contributed by atoms with Crippen LogP contribution in [0.3, 0.4) is 0 Å². The smallest absolute Gasteiger partial charge is 0.0589 e. The predicted molar refractivity (Wildman–Crippen MR) is 79.1 cm³/mol. The number of ether oxygens (including phenoxy) is 1. The van der Waals surface area contributed by atoms with Gasteiger partial charge in [-0.15, -0.1) is 0 Å². The van der Waals surface area contributed by atoms with Crippen molar-refractivity contribution >= 4 is 21.6 Å². The van der Waals surface area contributed by atoms with E-state index in [0.29, 0.717) is 0 Å². The lowest BCUT2D eigenvalue weighted by atomic mass is 10.3. The summed E-state index contributed by atoms with van der Waals surface area (Å²) in [6.45, 7) is 3.94. The molecule has 1 saturated carbocycles. The van der Waals surface area contributed by atoms with Crippen molar-refractivity contribution in [1.29, 1.82) is 0 Å². The summed E-state index contributed by atoms with van der Waals surface area (Å²) < 4.78 is 6.28. The summed E-state index contributed by atoms with van der Waals surface area (Å²) in [5, 5.41) is 3.46. The van der Waals surface area contributed by atoms with Crippen LogP contribution in [0, 0.1) is 0 Å². The van der Waals surface area contributed by atoms with Crippen molar-refractivity contribution in [1.82, 2.24) is 4.90 Å². The molecule has 0 aliphatic heterocycles. The Morgan fingerprint density at radius 1 is 1.39 bits per heavy atom. The lowest BCUT2D eigenvalue weighted by molar-refractivity contribution is 0.146. The zero-order valence-electron chi connectivity index (χ0n) is 10.9. The van der Waals surface area contributed by atoms with Gasteiger partial charge in [-0.1, -0.05) is 22.0 Å². The second-order valence-corrected chi connectivity index (χ2v) is 5.61. The number of methoxy groups -OCH3 is 1. The maximum atomic E-state index is 5.16. The van der Waals surface area contributed by atoms with Crippen LogP contribution in [-0.4, -0.2) is 44.3 Å². The number of benzene rings is 1. The fraction of sp³-hybridized carbons (Fsp3) is 0.571. The first kappa shape index (κ1) is 13.8. The molecule has 0 amide bonds. The normalized spacial score (nSPS) is 15.1. The largest absolute Gasteiger partial charge is 0.384 e. The van der Waals surface area contributed by atoms with Gasteiger partial charge in [0.15, 0.2) is 0 Å². The second kappa shape index (κ2) is 7.12. The van der Waals surface area contributed by atoms with Gasteiger partial charge in [-0.2, -0.15) is 0 Å². The summed E-state index contributed by atoms with van der Waals surface area (Å²) in [7, 11) is 1.77. The highest BCUT2D eigenvalue weighted by Crippen LogP contribution is 2.26. The molecule has 2 rings (SSSR count). The van der Waals surface area contributed by atoms with Gasteiger partial charge in [0, 0.05) is 42.9 Å². The molecular weight excluding hydrogens is 292 g/mol. The van der Waals surface area contributed by atoms with Gasteiger partial charge < -0.3 is 10.1 Å². The van der Waals surface area contributed by atoms with E-state index in [4.69, 9.17) is 4.74 Å². The topological polar surface area (TPSA) is 24.5 Å². The molecule has 0 atom stereocenters. The Morgan fingerprint density at radius 2 is 2.22 bits per heavy atom. The first-order valence-corrected chi connectivity index (χ1v) is 7.31. The van der Waals surface area contributed by atoms with Crippen molar-refractivity contribution in [3.05, 3.63) is 28.7 Å². The molecule has 1 N–H and O–H groups in total. The van der Waals surface area contributed by atoms with E-state index in [1.165, 1.54) is 18.5 Å². The van der Waals surface area contributed by atoms with Gasteiger partial charge in [0.25, 0.3) is 0 Å². The predicted octanol–water partition coefficient (Wildman–Crippen LogP) is 2.97. The minimum Gasteiger partial charge on any atom is -0.384 e. The summed E-state index contributed by atoms with van der Waals surface area (Å²) in [5.74, 6) is 0. The second-order valence-electron chi connectivity index (χ2n) is 4.70. The molecule has 100 valence electrons. The zero-order valence-corrected chi connectivity index (χ0v) is 12.4. The van der Waals surface area contributed by atoms with Crippen molar-refractivity contribution < 1.29 is 4.74 Å². The molecule has 0 heterocycles. The number of rotatable bonds is 8. The molecule has 0 radical (unpaired) electrons. The Bertz CT molecular complexity index is 369. The number of halogens is 1. The SMILES string of the molecule is COCCN(CCNc1cccc(Br)c1)C1CC1. The molecule has 1 aromatic carbocycles. The van der Waals surface area contributed by atoms with Gasteiger partial charge in [0.2, 0.25) is 0 Å². The molecular formula is C14H21BrN2O. The third-order valence-corrected chi connectivity index (χ3v) is 3.69. The standard InChI is InChI=1S/C14H21BrN2O/c1-18-10-9-17(14-5-6-14)8-7-16-13-4-2-3-12(15)11-13/h2-4,11,14,16H,5-10H2,1H3. The minimum absolute atomic E-state index is 0.796. The van der Waals surface area contributed by atoms with Gasteiger partial charge in [0.1, 0.15) is 0 Å². The number of nitrogens with zero attached hydrogens (tertiary/aromatic N) is 1. The van der Waals surface area contributed by atoms with E-state index < -0.39 is 0 Å². The minimum atomic E-state index is 0.796. The summed E-state index contributed by atoms with van der Waals surface area (Å²) in [6, 6.07) is 9.10. The average Bonchev–Trinajstić information content (AvgIpc) is 3.18. The summed E-state index contributed by atoms with van der Waals surface area (Å²) in [4.78, 5) is 2.52. The van der Waals surface area contributed by atoms with Crippen LogP contribution in [0.5, 0.6) is 0 Å². The lowest BCUT2D eigenvalue weighted by Gasteiger charge is -2.21. The first-order chi connectivity index (χ1) is 8.79. The quantitative estimate of drug-likeness (QED) is 0.798. The third-order valence-electron chi connectivity index (χ3n) is 3.20. The molecule has 0 spiro atoms. The molecule has 4 heteroatoms. The van der Waals surface area contributed by atoms with Crippen molar-refractivity contribution in [2.75, 3.05) is 38.7 Å². The van der Waals surface area contributed by atoms with E-state index in [-0.39, 0.29) is 0 Å². The van der Waals surface area contributed by atoms with Gasteiger partial charge >= 0.3 is 0 Å². The third kappa shape index (κ3) is 4.59. The number of hydrogen-bond donors (Lipinski definition) is 1. The van der Waals surface area contributed by atoms with Gasteiger partial charge in [0.05, 0.1) is 6.61 Å². The molecule has 18 heavy (non-hydrogen) atoms. The Balaban J connectivity index is 1.72. The first-order valence-electron chi connectivity index (χ1n) is 6.52. The lowest BCUT2D eigenvalue weighted by Crippen LogP contribution is -2.33. The summed E-state index contributed by atoms with van der Waals surface area (Å²) in [5.41, 5.74) is 1.17. The van der Waals surface area contributed by atoms with Crippen molar-refractivity contribution in [3.8, 4) is 0 Å². The summed E-state index contributed by atoms with van der Waals surface area (Å²) >= 11 is 3.48. The van der Waals surface area contributed by atoms with Crippen LogP contribution in [0.1, 0.15) is 12.8 Å². The van der Waals surface area contributed by atoms with Crippen LogP contribution in [-0.2, 0) is 4.74 Å². The van der Waals surface area contributed by atoms with E-state index in [1.54, 1.807) is 7.11 Å². The molecule has 1 fully saturated rings. The van der Waals surface area contributed by atoms with Gasteiger partial charge in [-0.3, -0.25) is 4.90 Å². The number of nitrogens with one attached hydrogen (secondary N) is 1. The van der Waals surface area contributed by atoms with Crippen LogP contribution in [0.15, 0.2) is 28.7 Å². The monoisotopic (exact) mass is 312 g/mol. The number of hydrogen-bond acceptors (Lipinski definition) is 3. The van der Waals surface area contributed by atoms with Crippen LogP contribution in [0.25, 0.3) is 0 Å². The van der Waals surface area contributed by atoms with E-state index in [2.05, 4.69) is 44.3 Å². The van der Waals surface area contributed by atoms with Crippen molar-refractivity contribution in [2.45, 2.75) is 18.9 Å². The molecule has 1 aromatic rings. The van der Waals surface area contributed by atoms with Crippen LogP contribution < -0.4 is 5.32 Å². The van der Waals surface area contributed by atoms with Crippen LogP contribution in [0.4, 0.5) is 5.69 Å². The molecule has 3 nitrogen and oxygen atoms in total. The van der Waals surface area contributed by atoms with Gasteiger partial charge in [-0.25, -0.2) is 0 Å². The fourth-order valence-electron chi connectivity index (χ4n) is 2.07. The Hall–Kier alpha value is -0.580. The average molecular weight is 313 g/mol. The van der Waals surface area contributed by atoms with Crippen molar-refractivity contribution in [3.63, 3.8) is 0 Å². The molecule has 0 saturated heterocycles. The van der Waals surface area contributed by atoms with E-state index in [1.807, 2.05) is 6.07 Å². The Labute approximate surface area is 118 Å². The molecule has 0 aromatic heterocycles. The highest BCUT2D eigenvalue weighted by Gasteiger charge is 2.27. The van der Waals surface area contributed by atoms with Crippen LogP contribution >= 0.6 is 15.9 Å².